The predicted octanol–water partition coefficient (Wildman–Crippen LogP) is 2.37. The third-order valence-electron chi connectivity index (χ3n) is 1.64. The third kappa shape index (κ3) is 2.93. The summed E-state index contributed by atoms with van der Waals surface area (Å²) in [6, 6.07) is 1.24. The van der Waals surface area contributed by atoms with Crippen LogP contribution < -0.4 is 10.5 Å². The van der Waals surface area contributed by atoms with Gasteiger partial charge >= 0.3 is 6.36 Å². The molecule has 0 aromatic carbocycles. The van der Waals surface area contributed by atoms with Gasteiger partial charge in [0, 0.05) is 0 Å². The molecule has 0 amide bonds. The largest absolute Gasteiger partial charge is 0.573 e. The van der Waals surface area contributed by atoms with Gasteiger partial charge in [0.25, 0.3) is 6.43 Å². The summed E-state index contributed by atoms with van der Waals surface area (Å²) in [6.45, 7) is 0. The maximum Gasteiger partial charge on any atom is 0.573 e. The molecule has 1 aromatic rings. The van der Waals surface area contributed by atoms with Gasteiger partial charge in [0.15, 0.2) is 11.4 Å². The number of pyridine rings is 1. The van der Waals surface area contributed by atoms with Crippen molar-refractivity contribution < 1.29 is 26.7 Å². The van der Waals surface area contributed by atoms with Crippen LogP contribution in [-0.4, -0.2) is 11.3 Å². The highest BCUT2D eigenvalue weighted by Crippen LogP contribution is 2.38. The molecule has 0 saturated heterocycles. The zero-order chi connectivity index (χ0) is 13.2. The molecule has 9 heteroatoms. The van der Waals surface area contributed by atoms with Gasteiger partial charge in [-0.3, -0.25) is 0 Å². The Morgan fingerprint density at radius 1 is 1.41 bits per heavy atom. The number of alkyl halides is 5. The van der Waals surface area contributed by atoms with E-state index in [0.717, 1.165) is 0 Å². The Hall–Kier alpha value is -2.11. The maximum absolute atomic E-state index is 12.5. The van der Waals surface area contributed by atoms with Crippen molar-refractivity contribution in [3.8, 4) is 11.8 Å². The predicted molar refractivity (Wildman–Crippen MR) is 45.0 cm³/mol. The summed E-state index contributed by atoms with van der Waals surface area (Å²) < 4.78 is 64.4. The number of hydrogen-bond acceptors (Lipinski definition) is 4. The number of ether oxygens (including phenoxy) is 1. The van der Waals surface area contributed by atoms with Crippen molar-refractivity contribution in [3.05, 3.63) is 17.5 Å². The van der Waals surface area contributed by atoms with E-state index in [1.165, 1.54) is 6.07 Å². The molecule has 1 aromatic heterocycles. The number of nitrogens with zero attached hydrogens (tertiary/aromatic N) is 2. The molecule has 0 saturated carbocycles. The van der Waals surface area contributed by atoms with Crippen LogP contribution in [-0.2, 0) is 0 Å². The van der Waals surface area contributed by atoms with Crippen molar-refractivity contribution in [1.29, 1.82) is 5.26 Å². The molecule has 0 unspecified atom stereocenters. The van der Waals surface area contributed by atoms with E-state index in [4.69, 9.17) is 11.0 Å². The zero-order valence-corrected chi connectivity index (χ0v) is 7.92. The Morgan fingerprint density at radius 2 is 2.00 bits per heavy atom. The van der Waals surface area contributed by atoms with Crippen molar-refractivity contribution >= 4 is 5.69 Å². The maximum atomic E-state index is 12.5. The fraction of sp³-hybridized carbons (Fsp3) is 0.250. The first-order valence-electron chi connectivity index (χ1n) is 3.98. The molecule has 1 heterocycles. The Bertz CT molecular complexity index is 465. The lowest BCUT2D eigenvalue weighted by Crippen LogP contribution is -2.20. The first-order chi connectivity index (χ1) is 7.76. The highest BCUT2D eigenvalue weighted by molar-refractivity contribution is 5.59. The van der Waals surface area contributed by atoms with Crippen molar-refractivity contribution in [2.24, 2.45) is 0 Å². The fourth-order valence-corrected chi connectivity index (χ4v) is 1.05. The average Bonchev–Trinajstić information content (AvgIpc) is 2.18. The van der Waals surface area contributed by atoms with Gasteiger partial charge in [-0.25, -0.2) is 13.8 Å². The lowest BCUT2D eigenvalue weighted by Gasteiger charge is -2.15. The highest BCUT2D eigenvalue weighted by atomic mass is 19.4. The van der Waals surface area contributed by atoms with E-state index in [1.807, 2.05) is 0 Å². The van der Waals surface area contributed by atoms with E-state index in [9.17, 15) is 22.0 Å². The van der Waals surface area contributed by atoms with Crippen LogP contribution in [0.2, 0.25) is 0 Å². The van der Waals surface area contributed by atoms with Crippen LogP contribution in [0.4, 0.5) is 27.6 Å². The summed E-state index contributed by atoms with van der Waals surface area (Å²) in [4.78, 5) is 3.20. The number of halogens is 5. The summed E-state index contributed by atoms with van der Waals surface area (Å²) >= 11 is 0. The molecule has 0 atom stereocenters. The Labute approximate surface area is 91.4 Å². The van der Waals surface area contributed by atoms with Gasteiger partial charge < -0.3 is 10.5 Å². The number of rotatable bonds is 2. The standard InChI is InChI=1S/C8H4F5N3O/c9-7(10)5-4(1-14)16-2-3(15)6(5)17-8(11,12)13/h2,7H,15H2. The van der Waals surface area contributed by atoms with Gasteiger partial charge in [0.2, 0.25) is 0 Å². The fourth-order valence-electron chi connectivity index (χ4n) is 1.05. The summed E-state index contributed by atoms with van der Waals surface area (Å²) in [5, 5.41) is 8.46. The SMILES string of the molecule is N#Cc1ncc(N)c(OC(F)(F)F)c1C(F)F. The first kappa shape index (κ1) is 13.0. The normalized spacial score (nSPS) is 11.4. The average molecular weight is 253 g/mol. The second-order valence-corrected chi connectivity index (χ2v) is 2.77. The zero-order valence-electron chi connectivity index (χ0n) is 7.92. The molecule has 0 radical (unpaired) electrons. The molecule has 0 aliphatic rings. The summed E-state index contributed by atoms with van der Waals surface area (Å²) in [5.41, 5.74) is 2.19. The van der Waals surface area contributed by atoms with E-state index in [0.29, 0.717) is 6.20 Å². The van der Waals surface area contributed by atoms with Gasteiger partial charge in [-0.2, -0.15) is 5.26 Å². The van der Waals surface area contributed by atoms with Crippen LogP contribution in [0.5, 0.6) is 5.75 Å². The smallest absolute Gasteiger partial charge is 0.403 e. The molecule has 0 aliphatic carbocycles. The van der Waals surface area contributed by atoms with E-state index in [-0.39, 0.29) is 0 Å². The number of nitrogens with two attached hydrogens (primary N) is 1. The highest BCUT2D eigenvalue weighted by Gasteiger charge is 2.35. The van der Waals surface area contributed by atoms with Crippen LogP contribution in [0, 0.1) is 11.3 Å². The monoisotopic (exact) mass is 253 g/mol. The molecule has 0 aliphatic heterocycles. The molecule has 92 valence electrons. The number of nitriles is 1. The lowest BCUT2D eigenvalue weighted by atomic mass is 10.1. The summed E-state index contributed by atoms with van der Waals surface area (Å²) in [5.74, 6) is -1.29. The number of aromatic nitrogens is 1. The molecular formula is C8H4F5N3O. The molecular weight excluding hydrogens is 249 g/mol. The Morgan fingerprint density at radius 3 is 2.41 bits per heavy atom. The van der Waals surface area contributed by atoms with Crippen molar-refractivity contribution in [3.63, 3.8) is 0 Å². The summed E-state index contributed by atoms with van der Waals surface area (Å²) in [7, 11) is 0. The van der Waals surface area contributed by atoms with Crippen molar-refractivity contribution in [2.75, 3.05) is 5.73 Å². The molecule has 1 rings (SSSR count). The van der Waals surface area contributed by atoms with Crippen LogP contribution in [0.3, 0.4) is 0 Å². The minimum Gasteiger partial charge on any atom is -0.403 e. The van der Waals surface area contributed by atoms with E-state index >= 15 is 0 Å². The van der Waals surface area contributed by atoms with Crippen molar-refractivity contribution in [1.82, 2.24) is 4.98 Å². The van der Waals surface area contributed by atoms with Crippen molar-refractivity contribution in [2.45, 2.75) is 12.8 Å². The van der Waals surface area contributed by atoms with Crippen LogP contribution in [0.1, 0.15) is 17.7 Å². The van der Waals surface area contributed by atoms with E-state index in [2.05, 4.69) is 9.72 Å². The van der Waals surface area contributed by atoms with Crippen LogP contribution in [0.25, 0.3) is 0 Å². The number of hydrogen-bond donors (Lipinski definition) is 1. The third-order valence-corrected chi connectivity index (χ3v) is 1.64. The first-order valence-corrected chi connectivity index (χ1v) is 3.98. The van der Waals surface area contributed by atoms with Gasteiger partial charge in [-0.1, -0.05) is 0 Å². The molecule has 0 spiro atoms. The van der Waals surface area contributed by atoms with Gasteiger partial charge in [0.1, 0.15) is 6.07 Å². The quantitative estimate of drug-likeness (QED) is 0.821. The second-order valence-electron chi connectivity index (χ2n) is 2.77. The minimum atomic E-state index is -5.19. The molecule has 0 fully saturated rings. The molecule has 0 bridgehead atoms. The van der Waals surface area contributed by atoms with Gasteiger partial charge in [-0.05, 0) is 0 Å². The van der Waals surface area contributed by atoms with E-state index in [1.54, 1.807) is 0 Å². The molecule has 2 N–H and O–H groups in total. The molecule has 4 nitrogen and oxygen atoms in total. The number of anilines is 1. The lowest BCUT2D eigenvalue weighted by molar-refractivity contribution is -0.274. The van der Waals surface area contributed by atoms with Crippen LogP contribution in [0.15, 0.2) is 6.20 Å². The Balaban J connectivity index is 3.41. The minimum absolute atomic E-state index is 0.644. The van der Waals surface area contributed by atoms with E-state index < -0.39 is 35.5 Å². The summed E-state index contributed by atoms with van der Waals surface area (Å²) in [6.07, 6.45) is -7.91. The molecule has 17 heavy (non-hydrogen) atoms. The Kier molecular flexibility index (Phi) is 3.36. The second kappa shape index (κ2) is 4.40. The topological polar surface area (TPSA) is 71.9 Å². The van der Waals surface area contributed by atoms with Gasteiger partial charge in [-0.15, -0.1) is 13.2 Å². The van der Waals surface area contributed by atoms with Crippen LogP contribution >= 0.6 is 0 Å². The number of nitrogen functional groups attached to an aromatic ring is 1. The van der Waals surface area contributed by atoms with Gasteiger partial charge in [0.05, 0.1) is 17.4 Å².